The largest absolute Gasteiger partial charge is 0.494 e. The summed E-state index contributed by atoms with van der Waals surface area (Å²) in [5.41, 5.74) is 0.908. The number of hydrogen-bond acceptors (Lipinski definition) is 5. The third kappa shape index (κ3) is 3.77. The van der Waals surface area contributed by atoms with E-state index in [0.717, 1.165) is 20.7 Å². The fraction of sp³-hybridized carbons (Fsp3) is 0.133. The lowest BCUT2D eigenvalue weighted by Gasteiger charge is -2.04. The predicted molar refractivity (Wildman–Crippen MR) is 99.0 cm³/mol. The molecule has 0 aliphatic rings. The van der Waals surface area contributed by atoms with Crippen LogP contribution in [0.25, 0.3) is 11.4 Å². The van der Waals surface area contributed by atoms with Crippen molar-refractivity contribution in [1.82, 2.24) is 14.9 Å². The molecule has 3 aromatic rings. The Hall–Kier alpha value is -1.77. The molecule has 0 saturated heterocycles. The number of ether oxygens (including phenoxy) is 1. The normalized spacial score (nSPS) is 11.2. The van der Waals surface area contributed by atoms with E-state index in [-0.39, 0.29) is 0 Å². The lowest BCUT2D eigenvalue weighted by atomic mass is 10.2. The van der Waals surface area contributed by atoms with Crippen LogP contribution in [0.4, 0.5) is 0 Å². The van der Waals surface area contributed by atoms with E-state index in [4.69, 9.17) is 17.0 Å². The molecular formula is C15H13BrN4OS2. The summed E-state index contributed by atoms with van der Waals surface area (Å²) in [6.45, 7) is 2.59. The maximum Gasteiger partial charge on any atom is 0.216 e. The second kappa shape index (κ2) is 7.20. The number of rotatable bonds is 5. The Kier molecular flexibility index (Phi) is 5.04. The van der Waals surface area contributed by atoms with Gasteiger partial charge in [-0.1, -0.05) is 0 Å². The summed E-state index contributed by atoms with van der Waals surface area (Å²) in [6, 6.07) is 9.67. The van der Waals surface area contributed by atoms with Gasteiger partial charge in [-0.25, -0.2) is 5.10 Å². The Morgan fingerprint density at radius 1 is 1.43 bits per heavy atom. The highest BCUT2D eigenvalue weighted by Crippen LogP contribution is 2.22. The van der Waals surface area contributed by atoms with Crippen molar-refractivity contribution in [3.63, 3.8) is 0 Å². The standard InChI is InChI=1S/C15H13BrN4OS2/c1-2-21-12-5-3-10(4-6-12)14-18-19-15(22)20(14)17-8-13-7-11(16)9-23-13/h3-9H,2H2,1H3,(H,19,22)/b17-8-. The van der Waals surface area contributed by atoms with Gasteiger partial charge in [-0.05, 0) is 65.4 Å². The summed E-state index contributed by atoms with van der Waals surface area (Å²) in [6.07, 6.45) is 1.76. The van der Waals surface area contributed by atoms with Crippen molar-refractivity contribution in [1.29, 1.82) is 0 Å². The number of halogens is 1. The average Bonchev–Trinajstić information content (AvgIpc) is 3.12. The molecule has 3 rings (SSSR count). The monoisotopic (exact) mass is 408 g/mol. The van der Waals surface area contributed by atoms with Crippen molar-refractivity contribution >= 4 is 45.7 Å². The van der Waals surface area contributed by atoms with E-state index in [0.29, 0.717) is 17.2 Å². The van der Waals surface area contributed by atoms with Gasteiger partial charge in [0.05, 0.1) is 12.8 Å². The Labute approximate surface area is 150 Å². The molecule has 0 aliphatic carbocycles. The Balaban J connectivity index is 1.92. The number of benzene rings is 1. The van der Waals surface area contributed by atoms with E-state index >= 15 is 0 Å². The zero-order valence-corrected chi connectivity index (χ0v) is 15.4. The molecule has 0 atom stereocenters. The summed E-state index contributed by atoms with van der Waals surface area (Å²) >= 11 is 10.3. The van der Waals surface area contributed by atoms with Crippen molar-refractivity contribution < 1.29 is 4.74 Å². The van der Waals surface area contributed by atoms with E-state index in [9.17, 15) is 0 Å². The molecule has 0 amide bonds. The second-order valence-electron chi connectivity index (χ2n) is 4.53. The zero-order chi connectivity index (χ0) is 16.2. The fourth-order valence-electron chi connectivity index (χ4n) is 1.96. The van der Waals surface area contributed by atoms with E-state index in [1.54, 1.807) is 22.2 Å². The number of aromatic amines is 1. The molecule has 2 heterocycles. The Morgan fingerprint density at radius 2 is 2.22 bits per heavy atom. The van der Waals surface area contributed by atoms with Gasteiger partial charge in [0, 0.05) is 20.3 Å². The quantitative estimate of drug-likeness (QED) is 0.491. The van der Waals surface area contributed by atoms with Gasteiger partial charge in [0.1, 0.15) is 5.75 Å². The molecule has 8 heteroatoms. The molecule has 0 spiro atoms. The number of H-pyrrole nitrogens is 1. The second-order valence-corrected chi connectivity index (χ2v) is 6.78. The van der Waals surface area contributed by atoms with Crippen LogP contribution in [-0.4, -0.2) is 27.7 Å². The number of nitrogens with one attached hydrogen (secondary N) is 1. The van der Waals surface area contributed by atoms with E-state index in [2.05, 4.69) is 31.2 Å². The van der Waals surface area contributed by atoms with Crippen molar-refractivity contribution in [2.45, 2.75) is 6.92 Å². The Bertz CT molecular complexity index is 880. The van der Waals surface area contributed by atoms with Crippen LogP contribution >= 0.6 is 39.5 Å². The molecule has 118 valence electrons. The number of hydrogen-bond donors (Lipinski definition) is 1. The van der Waals surface area contributed by atoms with Crippen molar-refractivity contribution in [2.75, 3.05) is 6.61 Å². The molecule has 0 saturated carbocycles. The minimum atomic E-state index is 0.445. The van der Waals surface area contributed by atoms with Gasteiger partial charge in [-0.2, -0.15) is 14.9 Å². The number of aromatic nitrogens is 3. The maximum atomic E-state index is 5.45. The topological polar surface area (TPSA) is 55.2 Å². The summed E-state index contributed by atoms with van der Waals surface area (Å²) in [7, 11) is 0. The first-order valence-electron chi connectivity index (χ1n) is 6.86. The predicted octanol–water partition coefficient (Wildman–Crippen LogP) is 4.71. The first-order valence-corrected chi connectivity index (χ1v) is 8.94. The lowest BCUT2D eigenvalue weighted by Crippen LogP contribution is -1.95. The molecule has 0 unspecified atom stereocenters. The molecule has 0 fully saturated rings. The van der Waals surface area contributed by atoms with Crippen LogP contribution in [0.15, 0.2) is 45.3 Å². The average molecular weight is 409 g/mol. The van der Waals surface area contributed by atoms with Gasteiger partial charge in [0.2, 0.25) is 4.77 Å². The maximum absolute atomic E-state index is 5.45. The van der Waals surface area contributed by atoms with Gasteiger partial charge < -0.3 is 4.74 Å². The van der Waals surface area contributed by atoms with Gasteiger partial charge in [0.25, 0.3) is 0 Å². The molecule has 1 N–H and O–H groups in total. The SMILES string of the molecule is CCOc1ccc(-c2n[nH]c(=S)n2/N=C\c2cc(Br)cs2)cc1. The smallest absolute Gasteiger partial charge is 0.216 e. The van der Waals surface area contributed by atoms with E-state index < -0.39 is 0 Å². The first kappa shape index (κ1) is 16.1. The Morgan fingerprint density at radius 3 is 2.87 bits per heavy atom. The van der Waals surface area contributed by atoms with Crippen LogP contribution in [0.5, 0.6) is 5.75 Å². The van der Waals surface area contributed by atoms with Gasteiger partial charge in [0.15, 0.2) is 5.82 Å². The van der Waals surface area contributed by atoms with Gasteiger partial charge in [-0.15, -0.1) is 11.3 Å². The minimum Gasteiger partial charge on any atom is -0.494 e. The summed E-state index contributed by atoms with van der Waals surface area (Å²) < 4.78 is 8.54. The van der Waals surface area contributed by atoms with Crippen LogP contribution in [0.3, 0.4) is 0 Å². The zero-order valence-electron chi connectivity index (χ0n) is 12.2. The highest BCUT2D eigenvalue weighted by molar-refractivity contribution is 9.10. The first-order chi connectivity index (χ1) is 11.2. The minimum absolute atomic E-state index is 0.445. The van der Waals surface area contributed by atoms with Crippen LogP contribution in [0.1, 0.15) is 11.8 Å². The van der Waals surface area contributed by atoms with Crippen molar-refractivity contribution in [3.8, 4) is 17.1 Å². The third-order valence-electron chi connectivity index (χ3n) is 2.96. The van der Waals surface area contributed by atoms with E-state index in [1.807, 2.05) is 42.6 Å². The van der Waals surface area contributed by atoms with Gasteiger partial charge >= 0.3 is 0 Å². The molecule has 0 radical (unpaired) electrons. The van der Waals surface area contributed by atoms with Crippen molar-refractivity contribution in [2.24, 2.45) is 5.10 Å². The molecule has 0 bridgehead atoms. The lowest BCUT2D eigenvalue weighted by molar-refractivity contribution is 0.340. The third-order valence-corrected chi connectivity index (χ3v) is 4.85. The summed E-state index contributed by atoms with van der Waals surface area (Å²) in [5, 5.41) is 13.5. The van der Waals surface area contributed by atoms with Crippen LogP contribution in [0, 0.1) is 4.77 Å². The highest BCUT2D eigenvalue weighted by atomic mass is 79.9. The molecule has 0 aliphatic heterocycles. The van der Waals surface area contributed by atoms with Crippen molar-refractivity contribution in [3.05, 3.63) is 49.8 Å². The molecular weight excluding hydrogens is 396 g/mol. The molecule has 23 heavy (non-hydrogen) atoms. The molecule has 1 aromatic carbocycles. The van der Waals surface area contributed by atoms with Crippen LogP contribution in [0.2, 0.25) is 0 Å². The summed E-state index contributed by atoms with van der Waals surface area (Å²) in [4.78, 5) is 1.03. The van der Waals surface area contributed by atoms with E-state index in [1.165, 1.54) is 0 Å². The molecule has 5 nitrogen and oxygen atoms in total. The highest BCUT2D eigenvalue weighted by Gasteiger charge is 2.08. The van der Waals surface area contributed by atoms with Crippen LogP contribution < -0.4 is 4.74 Å². The fourth-order valence-corrected chi connectivity index (χ4v) is 3.44. The van der Waals surface area contributed by atoms with Crippen LogP contribution in [-0.2, 0) is 0 Å². The number of nitrogens with zero attached hydrogens (tertiary/aromatic N) is 3. The van der Waals surface area contributed by atoms with Gasteiger partial charge in [-0.3, -0.25) is 0 Å². The molecule has 2 aromatic heterocycles. The summed E-state index contributed by atoms with van der Waals surface area (Å²) in [5.74, 6) is 1.48. The number of thiophene rings is 1.